The summed E-state index contributed by atoms with van der Waals surface area (Å²) >= 11 is 0. The van der Waals surface area contributed by atoms with Gasteiger partial charge in [0.05, 0.1) is 28.2 Å². The van der Waals surface area contributed by atoms with Crippen LogP contribution in [0, 0.1) is 0 Å². The third kappa shape index (κ3) is 4.12. The van der Waals surface area contributed by atoms with Crippen LogP contribution in [0.4, 0.5) is 26.3 Å². The van der Waals surface area contributed by atoms with E-state index in [-0.39, 0.29) is 16.5 Å². The zero-order chi connectivity index (χ0) is 23.9. The molecule has 2 atom stereocenters. The first-order valence-corrected chi connectivity index (χ1v) is 10.9. The Morgan fingerprint density at radius 3 is 2.44 bits per heavy atom. The normalized spacial score (nSPS) is 18.6. The quantitative estimate of drug-likeness (QED) is 0.632. The van der Waals surface area contributed by atoms with Gasteiger partial charge in [-0.15, -0.1) is 0 Å². The highest BCUT2D eigenvalue weighted by atomic mass is 32.2. The molecule has 174 valence electrons. The standard InChI is InChI=1S/C19H18F6N4O2S/c1-3-32(30,31)14-8-11(12-6-4-5-7-26-12)9-27-15(14)17-28-10-13(29(17)2)16(20)18(21,22)19(23,24)25/h4-10,15-16,27H,3H2,1-2H3/t15?,16-/m1/s1. The van der Waals surface area contributed by atoms with Crippen LogP contribution in [-0.2, 0) is 16.9 Å². The van der Waals surface area contributed by atoms with Gasteiger partial charge in [0.25, 0.3) is 0 Å². The minimum atomic E-state index is -6.11. The van der Waals surface area contributed by atoms with Crippen LogP contribution in [0.1, 0.15) is 36.3 Å². The lowest BCUT2D eigenvalue weighted by atomic mass is 10.1. The number of rotatable bonds is 6. The predicted octanol–water partition coefficient (Wildman–Crippen LogP) is 4.03. The van der Waals surface area contributed by atoms with Crippen molar-refractivity contribution in [2.75, 3.05) is 5.75 Å². The second kappa shape index (κ2) is 8.26. The van der Waals surface area contributed by atoms with Gasteiger partial charge in [-0.25, -0.2) is 17.8 Å². The molecular formula is C19H18F6N4O2S. The molecule has 13 heteroatoms. The molecule has 0 aliphatic carbocycles. The summed E-state index contributed by atoms with van der Waals surface area (Å²) < 4.78 is 105. The number of sulfone groups is 1. The first-order valence-electron chi connectivity index (χ1n) is 9.23. The van der Waals surface area contributed by atoms with Gasteiger partial charge in [-0.05, 0) is 18.2 Å². The number of allylic oxidation sites excluding steroid dienone is 2. The molecule has 3 heterocycles. The number of imidazole rings is 1. The zero-order valence-corrected chi connectivity index (χ0v) is 17.6. The van der Waals surface area contributed by atoms with Gasteiger partial charge in [0.15, 0.2) is 9.84 Å². The molecule has 0 amide bonds. The van der Waals surface area contributed by atoms with Crippen LogP contribution in [-0.4, -0.2) is 40.8 Å². The lowest BCUT2D eigenvalue weighted by Gasteiger charge is -2.26. The molecule has 3 rings (SSSR count). The molecule has 0 radical (unpaired) electrons. The molecule has 0 fully saturated rings. The van der Waals surface area contributed by atoms with Gasteiger partial charge >= 0.3 is 12.1 Å². The van der Waals surface area contributed by atoms with Crippen molar-refractivity contribution in [2.45, 2.75) is 31.2 Å². The molecule has 6 nitrogen and oxygen atoms in total. The number of pyridine rings is 1. The predicted molar refractivity (Wildman–Crippen MR) is 104 cm³/mol. The van der Waals surface area contributed by atoms with E-state index >= 15 is 0 Å². The van der Waals surface area contributed by atoms with E-state index in [0.29, 0.717) is 22.0 Å². The molecule has 32 heavy (non-hydrogen) atoms. The molecule has 0 spiro atoms. The van der Waals surface area contributed by atoms with Gasteiger partial charge in [-0.1, -0.05) is 13.0 Å². The highest BCUT2D eigenvalue weighted by molar-refractivity contribution is 7.95. The average Bonchev–Trinajstić information content (AvgIpc) is 3.13. The van der Waals surface area contributed by atoms with Crippen LogP contribution in [0.5, 0.6) is 0 Å². The van der Waals surface area contributed by atoms with Crippen molar-refractivity contribution in [1.82, 2.24) is 19.9 Å². The number of nitrogens with one attached hydrogen (secondary N) is 1. The largest absolute Gasteiger partial charge is 0.456 e. The number of aromatic nitrogens is 3. The topological polar surface area (TPSA) is 76.9 Å². The fourth-order valence-corrected chi connectivity index (χ4v) is 4.30. The monoisotopic (exact) mass is 480 g/mol. The summed E-state index contributed by atoms with van der Waals surface area (Å²) in [5.74, 6) is -6.22. The van der Waals surface area contributed by atoms with E-state index in [2.05, 4.69) is 15.3 Å². The van der Waals surface area contributed by atoms with Crippen LogP contribution in [0.2, 0.25) is 0 Å². The number of dihydropyridines is 1. The van der Waals surface area contributed by atoms with Gasteiger partial charge in [0.1, 0.15) is 11.9 Å². The van der Waals surface area contributed by atoms with E-state index in [9.17, 15) is 34.8 Å². The molecule has 1 N–H and O–H groups in total. The van der Waals surface area contributed by atoms with E-state index in [1.54, 1.807) is 18.2 Å². The van der Waals surface area contributed by atoms with E-state index in [1.165, 1.54) is 25.4 Å². The summed E-state index contributed by atoms with van der Waals surface area (Å²) in [6.07, 6.45) is -5.09. The molecule has 0 bridgehead atoms. The van der Waals surface area contributed by atoms with E-state index in [0.717, 1.165) is 7.05 Å². The van der Waals surface area contributed by atoms with Crippen molar-refractivity contribution in [1.29, 1.82) is 0 Å². The third-order valence-corrected chi connectivity index (χ3v) is 6.79. The van der Waals surface area contributed by atoms with Crippen molar-refractivity contribution in [3.63, 3.8) is 0 Å². The second-order valence-corrected chi connectivity index (χ2v) is 9.23. The molecule has 0 aromatic carbocycles. The van der Waals surface area contributed by atoms with E-state index < -0.39 is 39.8 Å². The summed E-state index contributed by atoms with van der Waals surface area (Å²) in [5, 5.41) is 2.77. The Hall–Kier alpha value is -2.83. The minimum absolute atomic E-state index is 0.207. The van der Waals surface area contributed by atoms with Gasteiger partial charge in [-0.2, -0.15) is 22.0 Å². The summed E-state index contributed by atoms with van der Waals surface area (Å²) in [7, 11) is -2.85. The lowest BCUT2D eigenvalue weighted by molar-refractivity contribution is -0.305. The fourth-order valence-electron chi connectivity index (χ4n) is 3.12. The van der Waals surface area contributed by atoms with Crippen LogP contribution in [0.25, 0.3) is 5.57 Å². The fraction of sp³-hybridized carbons (Fsp3) is 0.368. The minimum Gasteiger partial charge on any atom is -0.376 e. The van der Waals surface area contributed by atoms with Gasteiger partial charge in [0, 0.05) is 25.0 Å². The number of nitrogens with zero attached hydrogens (tertiary/aromatic N) is 3. The Balaban J connectivity index is 2.05. The Morgan fingerprint density at radius 1 is 1.19 bits per heavy atom. The Morgan fingerprint density at radius 2 is 1.88 bits per heavy atom. The van der Waals surface area contributed by atoms with Crippen molar-refractivity contribution >= 4 is 15.4 Å². The average molecular weight is 480 g/mol. The summed E-state index contributed by atoms with van der Waals surface area (Å²) in [6.45, 7) is 1.39. The third-order valence-electron chi connectivity index (χ3n) is 4.96. The Bertz CT molecular complexity index is 1160. The Kier molecular flexibility index (Phi) is 6.15. The highest BCUT2D eigenvalue weighted by Crippen LogP contribution is 2.47. The Labute approximate surface area is 179 Å². The maximum absolute atomic E-state index is 14.2. The molecule has 0 saturated carbocycles. The number of hydrogen-bond donors (Lipinski definition) is 1. The number of alkyl halides is 6. The molecule has 2 aromatic heterocycles. The van der Waals surface area contributed by atoms with Crippen molar-refractivity contribution in [3.8, 4) is 0 Å². The highest BCUT2D eigenvalue weighted by Gasteiger charge is 2.64. The van der Waals surface area contributed by atoms with Crippen molar-refractivity contribution in [3.05, 3.63) is 65.0 Å². The maximum Gasteiger partial charge on any atom is 0.456 e. The lowest BCUT2D eigenvalue weighted by Crippen LogP contribution is -2.41. The molecule has 0 saturated heterocycles. The van der Waals surface area contributed by atoms with Gasteiger partial charge in [0.2, 0.25) is 6.17 Å². The number of halogens is 6. The van der Waals surface area contributed by atoms with E-state index in [4.69, 9.17) is 0 Å². The van der Waals surface area contributed by atoms with Crippen LogP contribution < -0.4 is 5.32 Å². The van der Waals surface area contributed by atoms with Crippen molar-refractivity contribution in [2.24, 2.45) is 7.05 Å². The summed E-state index contributed by atoms with van der Waals surface area (Å²) in [6, 6.07) is 3.74. The van der Waals surface area contributed by atoms with Crippen LogP contribution in [0.3, 0.4) is 0 Å². The summed E-state index contributed by atoms with van der Waals surface area (Å²) in [5.41, 5.74) is -0.205. The number of hydrogen-bond acceptors (Lipinski definition) is 5. The first-order chi connectivity index (χ1) is 14.8. The molecule has 1 aliphatic rings. The first kappa shape index (κ1) is 23.8. The molecule has 2 aromatic rings. The zero-order valence-electron chi connectivity index (χ0n) is 16.7. The van der Waals surface area contributed by atoms with Crippen molar-refractivity contribution < 1.29 is 34.8 Å². The molecule has 1 aliphatic heterocycles. The SMILES string of the molecule is CCS(=O)(=O)C1=CC(c2ccccn2)=CNC1c1ncc([C@@H](F)C(F)(F)C(F)(F)F)n1C. The molecule has 1 unspecified atom stereocenters. The van der Waals surface area contributed by atoms with Gasteiger partial charge < -0.3 is 9.88 Å². The summed E-state index contributed by atoms with van der Waals surface area (Å²) in [4.78, 5) is 7.68. The van der Waals surface area contributed by atoms with Crippen LogP contribution in [0.15, 0.2) is 47.8 Å². The molecular weight excluding hydrogens is 462 g/mol. The van der Waals surface area contributed by atoms with Gasteiger partial charge in [-0.3, -0.25) is 4.98 Å². The second-order valence-electron chi connectivity index (χ2n) is 6.95. The van der Waals surface area contributed by atoms with E-state index in [1.807, 2.05) is 0 Å². The smallest absolute Gasteiger partial charge is 0.376 e. The van der Waals surface area contributed by atoms with Crippen LogP contribution >= 0.6 is 0 Å². The maximum atomic E-state index is 14.2.